The van der Waals surface area contributed by atoms with E-state index in [0.717, 1.165) is 44.5 Å². The fourth-order valence-electron chi connectivity index (χ4n) is 10.8. The summed E-state index contributed by atoms with van der Waals surface area (Å²) in [6.45, 7) is 0. The first-order chi connectivity index (χ1) is 33.2. The van der Waals surface area contributed by atoms with Crippen molar-refractivity contribution in [2.75, 3.05) is 0 Å². The van der Waals surface area contributed by atoms with E-state index in [1.54, 1.807) is 0 Å². The zero-order chi connectivity index (χ0) is 44.3. The normalized spacial score (nSPS) is 12.6. The zero-order valence-electron chi connectivity index (χ0n) is 36.5. The van der Waals surface area contributed by atoms with Crippen LogP contribution >= 0.6 is 0 Å². The summed E-state index contributed by atoms with van der Waals surface area (Å²) in [6.07, 6.45) is 0. The highest BCUT2D eigenvalue weighted by molar-refractivity contribution is 6.25. The van der Waals surface area contributed by atoms with Crippen LogP contribution in [0.3, 0.4) is 0 Å². The van der Waals surface area contributed by atoms with Gasteiger partial charge in [0.05, 0.1) is 5.41 Å². The first-order valence-corrected chi connectivity index (χ1v) is 22.9. The topological polar surface area (TPSA) is 38.7 Å². The van der Waals surface area contributed by atoms with Gasteiger partial charge in [-0.2, -0.15) is 0 Å². The zero-order valence-corrected chi connectivity index (χ0v) is 36.5. The number of benzene rings is 11. The average Bonchev–Trinajstić information content (AvgIpc) is 3.71. The highest BCUT2D eigenvalue weighted by Crippen LogP contribution is 2.58. The summed E-state index contributed by atoms with van der Waals surface area (Å²) < 4.78 is 0. The molecule has 0 saturated carbocycles. The van der Waals surface area contributed by atoms with Crippen molar-refractivity contribution >= 4 is 32.3 Å². The van der Waals surface area contributed by atoms with Gasteiger partial charge in [-0.05, 0) is 106 Å². The van der Waals surface area contributed by atoms with Crippen molar-refractivity contribution in [2.45, 2.75) is 5.41 Å². The Hall–Kier alpha value is -8.79. The van der Waals surface area contributed by atoms with Crippen molar-refractivity contribution < 1.29 is 0 Å². The maximum Gasteiger partial charge on any atom is 0.164 e. The summed E-state index contributed by atoms with van der Waals surface area (Å²) >= 11 is 0. The number of hydrogen-bond donors (Lipinski definition) is 0. The first kappa shape index (κ1) is 38.6. The fraction of sp³-hybridized carbons (Fsp3) is 0.0156. The summed E-state index contributed by atoms with van der Waals surface area (Å²) in [5.74, 6) is 1.86. The van der Waals surface area contributed by atoms with Crippen LogP contribution in [0, 0.1) is 0 Å². The van der Waals surface area contributed by atoms with Crippen LogP contribution < -0.4 is 0 Å². The van der Waals surface area contributed by atoms with E-state index in [0.29, 0.717) is 17.5 Å². The van der Waals surface area contributed by atoms with E-state index in [1.807, 2.05) is 24.3 Å². The molecule has 0 amide bonds. The van der Waals surface area contributed by atoms with Crippen LogP contribution in [0.25, 0.3) is 99.9 Å². The molecule has 1 aromatic heterocycles. The first-order valence-electron chi connectivity index (χ1n) is 22.9. The third kappa shape index (κ3) is 6.24. The summed E-state index contributed by atoms with van der Waals surface area (Å²) in [5.41, 5.74) is 13.9. The predicted octanol–water partition coefficient (Wildman–Crippen LogP) is 16.0. The van der Waals surface area contributed by atoms with Crippen LogP contribution in [-0.2, 0) is 5.41 Å². The number of nitrogens with zero attached hydrogens (tertiary/aromatic N) is 3. The minimum atomic E-state index is -0.596. The van der Waals surface area contributed by atoms with E-state index in [4.69, 9.17) is 15.0 Å². The second-order valence-corrected chi connectivity index (χ2v) is 17.4. The molecule has 12 aromatic rings. The van der Waals surface area contributed by atoms with E-state index in [-0.39, 0.29) is 0 Å². The third-order valence-electron chi connectivity index (χ3n) is 13.8. The largest absolute Gasteiger partial charge is 0.208 e. The Balaban J connectivity index is 1.13. The van der Waals surface area contributed by atoms with Gasteiger partial charge in [0, 0.05) is 16.7 Å². The number of hydrogen-bond acceptors (Lipinski definition) is 3. The van der Waals surface area contributed by atoms with Crippen LogP contribution in [0.2, 0.25) is 0 Å². The van der Waals surface area contributed by atoms with E-state index >= 15 is 0 Å². The lowest BCUT2D eigenvalue weighted by molar-refractivity contribution is 0.769. The van der Waals surface area contributed by atoms with E-state index in [2.05, 4.69) is 224 Å². The van der Waals surface area contributed by atoms with Crippen molar-refractivity contribution in [2.24, 2.45) is 0 Å². The van der Waals surface area contributed by atoms with Crippen molar-refractivity contribution in [3.8, 4) is 67.5 Å². The van der Waals surface area contributed by atoms with Gasteiger partial charge in [-0.15, -0.1) is 0 Å². The molecular weight excluding hydrogens is 811 g/mol. The molecule has 0 N–H and O–H groups in total. The molecule has 1 aliphatic rings. The molecule has 67 heavy (non-hydrogen) atoms. The monoisotopic (exact) mass is 851 g/mol. The lowest BCUT2D eigenvalue weighted by atomic mass is 9.67. The molecule has 3 heteroatoms. The van der Waals surface area contributed by atoms with Gasteiger partial charge < -0.3 is 0 Å². The Morgan fingerprint density at radius 1 is 0.224 bits per heavy atom. The van der Waals surface area contributed by atoms with Gasteiger partial charge in [0.25, 0.3) is 0 Å². The van der Waals surface area contributed by atoms with Gasteiger partial charge in [0.2, 0.25) is 0 Å². The summed E-state index contributed by atoms with van der Waals surface area (Å²) in [7, 11) is 0. The highest BCUT2D eigenvalue weighted by Gasteiger charge is 2.46. The SMILES string of the molecule is c1ccc(-c2ccc(-c3nc(-c4ccccc4)nc(-c4cc5c(cc4-c4ccc6c7ccccc7c7ccccc7c6c4)C(c4ccccc4)(c4ccccc4)c4ccccc4-5)n3)cc2)cc1. The molecule has 0 unspecified atom stereocenters. The number of aromatic nitrogens is 3. The Morgan fingerprint density at radius 3 is 1.24 bits per heavy atom. The van der Waals surface area contributed by atoms with Crippen molar-refractivity contribution in [3.05, 3.63) is 271 Å². The van der Waals surface area contributed by atoms with E-state index in [1.165, 1.54) is 60.1 Å². The Morgan fingerprint density at radius 2 is 0.642 bits per heavy atom. The Kier molecular flexibility index (Phi) is 9.07. The molecule has 0 spiro atoms. The molecule has 0 aliphatic heterocycles. The minimum absolute atomic E-state index is 0.596. The lowest BCUT2D eigenvalue weighted by Gasteiger charge is -2.34. The minimum Gasteiger partial charge on any atom is -0.208 e. The molecule has 11 aromatic carbocycles. The van der Waals surface area contributed by atoms with Crippen LogP contribution in [0.4, 0.5) is 0 Å². The fourth-order valence-corrected chi connectivity index (χ4v) is 10.8. The van der Waals surface area contributed by atoms with Gasteiger partial charge >= 0.3 is 0 Å². The Labute approximate surface area is 389 Å². The molecule has 0 fully saturated rings. The molecule has 1 heterocycles. The summed E-state index contributed by atoms with van der Waals surface area (Å²) in [6, 6.07) is 89.7. The predicted molar refractivity (Wildman–Crippen MR) is 277 cm³/mol. The highest BCUT2D eigenvalue weighted by atomic mass is 15.0. The summed E-state index contributed by atoms with van der Waals surface area (Å²) in [5, 5.41) is 7.40. The average molecular weight is 852 g/mol. The molecule has 0 saturated heterocycles. The van der Waals surface area contributed by atoms with E-state index < -0.39 is 5.41 Å². The van der Waals surface area contributed by atoms with Crippen LogP contribution in [-0.4, -0.2) is 15.0 Å². The Bertz CT molecular complexity index is 3750. The molecule has 13 rings (SSSR count). The van der Waals surface area contributed by atoms with Gasteiger partial charge in [0.1, 0.15) is 0 Å². The molecule has 3 nitrogen and oxygen atoms in total. The quantitative estimate of drug-likeness (QED) is 0.150. The van der Waals surface area contributed by atoms with Gasteiger partial charge in [0.15, 0.2) is 17.5 Å². The van der Waals surface area contributed by atoms with Crippen LogP contribution in [0.5, 0.6) is 0 Å². The molecule has 1 aliphatic carbocycles. The second-order valence-electron chi connectivity index (χ2n) is 17.4. The van der Waals surface area contributed by atoms with Crippen molar-refractivity contribution in [3.63, 3.8) is 0 Å². The smallest absolute Gasteiger partial charge is 0.164 e. The maximum absolute atomic E-state index is 5.45. The number of rotatable bonds is 7. The number of fused-ring (bicyclic) bond motifs is 9. The van der Waals surface area contributed by atoms with Gasteiger partial charge in [-0.3, -0.25) is 0 Å². The maximum atomic E-state index is 5.45. The molecule has 0 radical (unpaired) electrons. The lowest BCUT2D eigenvalue weighted by Crippen LogP contribution is -2.28. The third-order valence-corrected chi connectivity index (χ3v) is 13.8. The second kappa shape index (κ2) is 15.7. The van der Waals surface area contributed by atoms with Crippen molar-refractivity contribution in [1.29, 1.82) is 0 Å². The van der Waals surface area contributed by atoms with Gasteiger partial charge in [-0.1, -0.05) is 231 Å². The summed E-state index contributed by atoms with van der Waals surface area (Å²) in [4.78, 5) is 16.1. The molecular formula is C64H41N3. The standard InChI is InChI=1S/C64H41N3/c1-5-19-42(20-6-1)43-33-35-45(36-34-43)62-65-61(44-21-7-2-8-22-44)66-63(67-62)58-40-57-54-31-17-18-32-59(54)64(47-23-9-3-10-24-47,48-25-11-4-12-26-48)60(57)41-55(58)46-37-38-53-51-29-14-13-27-49(51)50-28-15-16-30-52(50)56(53)39-46/h1-41H. The van der Waals surface area contributed by atoms with Gasteiger partial charge in [-0.25, -0.2) is 15.0 Å². The molecule has 0 bridgehead atoms. The van der Waals surface area contributed by atoms with Crippen LogP contribution in [0.1, 0.15) is 22.3 Å². The van der Waals surface area contributed by atoms with E-state index in [9.17, 15) is 0 Å². The van der Waals surface area contributed by atoms with Crippen LogP contribution in [0.15, 0.2) is 249 Å². The molecule has 312 valence electrons. The van der Waals surface area contributed by atoms with Crippen molar-refractivity contribution in [1.82, 2.24) is 15.0 Å². The molecule has 0 atom stereocenters.